The van der Waals surface area contributed by atoms with Gasteiger partial charge in [-0.3, -0.25) is 0 Å². The summed E-state index contributed by atoms with van der Waals surface area (Å²) in [6.45, 7) is 0. The molecular formula is C18H13NOS2. The zero-order valence-corrected chi connectivity index (χ0v) is 13.6. The van der Waals surface area contributed by atoms with Crippen LogP contribution in [0.25, 0.3) is 30.5 Å². The van der Waals surface area contributed by atoms with Crippen LogP contribution >= 0.6 is 22.7 Å². The number of thiophene rings is 1. The van der Waals surface area contributed by atoms with Crippen LogP contribution < -0.4 is 4.74 Å². The summed E-state index contributed by atoms with van der Waals surface area (Å²) >= 11 is 3.52. The highest BCUT2D eigenvalue weighted by atomic mass is 32.1. The van der Waals surface area contributed by atoms with Crippen molar-refractivity contribution in [3.05, 3.63) is 60.7 Å². The standard InChI is InChI=1S/C18H13NOS2/c1-20-13-8-6-12(7-9-13)15-10-11-17(21-15)18-19-14-4-2-3-5-16(14)22-18/h2-11H,1H3. The molecule has 0 aliphatic heterocycles. The van der Waals surface area contributed by atoms with Crippen molar-refractivity contribution in [2.24, 2.45) is 0 Å². The minimum absolute atomic E-state index is 0.881. The third-order valence-corrected chi connectivity index (χ3v) is 5.83. The van der Waals surface area contributed by atoms with E-state index in [4.69, 9.17) is 9.72 Å². The first-order valence-electron chi connectivity index (χ1n) is 6.94. The molecule has 0 unspecified atom stereocenters. The largest absolute Gasteiger partial charge is 0.497 e. The first-order chi connectivity index (χ1) is 10.8. The van der Waals surface area contributed by atoms with Gasteiger partial charge in [-0.15, -0.1) is 22.7 Å². The highest BCUT2D eigenvalue weighted by Crippen LogP contribution is 2.38. The number of methoxy groups -OCH3 is 1. The Kier molecular flexibility index (Phi) is 3.41. The van der Waals surface area contributed by atoms with E-state index < -0.39 is 0 Å². The van der Waals surface area contributed by atoms with E-state index in [2.05, 4.69) is 42.5 Å². The normalized spacial score (nSPS) is 11.0. The van der Waals surface area contributed by atoms with Crippen LogP contribution in [0.3, 0.4) is 0 Å². The molecule has 2 aromatic heterocycles. The molecule has 0 aliphatic carbocycles. The summed E-state index contributed by atoms with van der Waals surface area (Å²) < 4.78 is 6.44. The number of rotatable bonds is 3. The molecule has 2 heterocycles. The molecule has 0 atom stereocenters. The monoisotopic (exact) mass is 323 g/mol. The number of fused-ring (bicyclic) bond motifs is 1. The van der Waals surface area contributed by atoms with Gasteiger partial charge in [0, 0.05) is 4.88 Å². The molecule has 22 heavy (non-hydrogen) atoms. The summed E-state index contributed by atoms with van der Waals surface area (Å²) in [5.41, 5.74) is 2.28. The van der Waals surface area contributed by atoms with E-state index in [1.165, 1.54) is 20.0 Å². The van der Waals surface area contributed by atoms with Crippen LogP contribution in [0.15, 0.2) is 60.7 Å². The molecule has 4 heteroatoms. The Morgan fingerprint density at radius 3 is 2.36 bits per heavy atom. The van der Waals surface area contributed by atoms with Crippen LogP contribution in [-0.4, -0.2) is 12.1 Å². The third-order valence-electron chi connectivity index (χ3n) is 3.49. The van der Waals surface area contributed by atoms with Gasteiger partial charge in [-0.2, -0.15) is 0 Å². The maximum absolute atomic E-state index is 5.21. The van der Waals surface area contributed by atoms with E-state index in [1.807, 2.05) is 18.2 Å². The lowest BCUT2D eigenvalue weighted by molar-refractivity contribution is 0.415. The summed E-state index contributed by atoms with van der Waals surface area (Å²) in [5, 5.41) is 1.09. The van der Waals surface area contributed by atoms with E-state index in [1.54, 1.807) is 29.8 Å². The summed E-state index contributed by atoms with van der Waals surface area (Å²) in [6, 6.07) is 20.8. The zero-order valence-electron chi connectivity index (χ0n) is 11.9. The Labute approximate surface area is 136 Å². The smallest absolute Gasteiger partial charge is 0.134 e. The van der Waals surface area contributed by atoms with Gasteiger partial charge in [0.1, 0.15) is 10.8 Å². The van der Waals surface area contributed by atoms with Crippen LogP contribution in [0, 0.1) is 0 Å². The SMILES string of the molecule is COc1ccc(-c2ccc(-c3nc4ccccc4s3)s2)cc1. The molecule has 0 radical (unpaired) electrons. The summed E-state index contributed by atoms with van der Waals surface area (Å²) in [6.07, 6.45) is 0. The van der Waals surface area contributed by atoms with Gasteiger partial charge in [0.25, 0.3) is 0 Å². The van der Waals surface area contributed by atoms with Crippen molar-refractivity contribution in [2.75, 3.05) is 7.11 Å². The van der Waals surface area contributed by atoms with Crippen LogP contribution in [0.2, 0.25) is 0 Å². The highest BCUT2D eigenvalue weighted by Gasteiger charge is 2.09. The summed E-state index contributed by atoms with van der Waals surface area (Å²) in [7, 11) is 1.69. The molecule has 4 aromatic rings. The summed E-state index contributed by atoms with van der Waals surface area (Å²) in [4.78, 5) is 7.19. The van der Waals surface area contributed by atoms with Crippen molar-refractivity contribution in [1.29, 1.82) is 0 Å². The van der Waals surface area contributed by atoms with E-state index >= 15 is 0 Å². The molecular weight excluding hydrogens is 310 g/mol. The van der Waals surface area contributed by atoms with Gasteiger partial charge in [-0.05, 0) is 54.1 Å². The fourth-order valence-electron chi connectivity index (χ4n) is 2.34. The number of aromatic nitrogens is 1. The molecule has 0 spiro atoms. The molecule has 0 bridgehead atoms. The molecule has 2 nitrogen and oxygen atoms in total. The van der Waals surface area contributed by atoms with Gasteiger partial charge >= 0.3 is 0 Å². The maximum Gasteiger partial charge on any atom is 0.134 e. The van der Waals surface area contributed by atoms with Crippen LogP contribution in [0.4, 0.5) is 0 Å². The second-order valence-corrected chi connectivity index (χ2v) is 6.99. The number of hydrogen-bond acceptors (Lipinski definition) is 4. The Hall–Kier alpha value is -2.17. The van der Waals surface area contributed by atoms with Gasteiger partial charge in [-0.1, -0.05) is 12.1 Å². The van der Waals surface area contributed by atoms with Gasteiger partial charge < -0.3 is 4.74 Å². The number of thiazole rings is 1. The second-order valence-electron chi connectivity index (χ2n) is 4.88. The van der Waals surface area contributed by atoms with Crippen molar-refractivity contribution in [2.45, 2.75) is 0 Å². The van der Waals surface area contributed by atoms with Gasteiger partial charge in [0.15, 0.2) is 0 Å². The van der Waals surface area contributed by atoms with Crippen molar-refractivity contribution in [1.82, 2.24) is 4.98 Å². The average molecular weight is 323 g/mol. The van der Waals surface area contributed by atoms with E-state index in [0.717, 1.165) is 16.3 Å². The summed E-state index contributed by atoms with van der Waals surface area (Å²) in [5.74, 6) is 0.881. The zero-order chi connectivity index (χ0) is 14.9. The lowest BCUT2D eigenvalue weighted by Crippen LogP contribution is -1.81. The lowest BCUT2D eigenvalue weighted by atomic mass is 10.2. The van der Waals surface area contributed by atoms with Gasteiger partial charge in [-0.25, -0.2) is 4.98 Å². The van der Waals surface area contributed by atoms with Crippen LogP contribution in [0.5, 0.6) is 5.75 Å². The topological polar surface area (TPSA) is 22.1 Å². The first kappa shape index (κ1) is 13.5. The fourth-order valence-corrected chi connectivity index (χ4v) is 4.37. The number of benzene rings is 2. The number of para-hydroxylation sites is 1. The molecule has 0 amide bonds. The third kappa shape index (κ3) is 2.40. The molecule has 0 fully saturated rings. The molecule has 2 aromatic carbocycles. The lowest BCUT2D eigenvalue weighted by Gasteiger charge is -2.00. The minimum Gasteiger partial charge on any atom is -0.497 e. The molecule has 0 aliphatic rings. The maximum atomic E-state index is 5.21. The Morgan fingerprint density at radius 1 is 0.818 bits per heavy atom. The quantitative estimate of drug-likeness (QED) is 0.482. The predicted octanol–water partition coefficient (Wildman–Crippen LogP) is 5.70. The van der Waals surface area contributed by atoms with Crippen molar-refractivity contribution in [3.63, 3.8) is 0 Å². The highest BCUT2D eigenvalue weighted by molar-refractivity contribution is 7.26. The van der Waals surface area contributed by atoms with Crippen LogP contribution in [-0.2, 0) is 0 Å². The molecule has 4 rings (SSSR count). The van der Waals surface area contributed by atoms with Gasteiger partial charge in [0.2, 0.25) is 0 Å². The molecule has 0 N–H and O–H groups in total. The average Bonchev–Trinajstić information content (AvgIpc) is 3.21. The predicted molar refractivity (Wildman–Crippen MR) is 94.9 cm³/mol. The van der Waals surface area contributed by atoms with Crippen LogP contribution in [0.1, 0.15) is 0 Å². The van der Waals surface area contributed by atoms with E-state index in [-0.39, 0.29) is 0 Å². The van der Waals surface area contributed by atoms with Crippen molar-refractivity contribution >= 4 is 32.9 Å². The van der Waals surface area contributed by atoms with E-state index in [0.29, 0.717) is 0 Å². The number of hydrogen-bond donors (Lipinski definition) is 0. The fraction of sp³-hybridized carbons (Fsp3) is 0.0556. The molecule has 0 saturated heterocycles. The minimum atomic E-state index is 0.881. The number of ether oxygens (including phenoxy) is 1. The van der Waals surface area contributed by atoms with Crippen molar-refractivity contribution < 1.29 is 4.74 Å². The van der Waals surface area contributed by atoms with Gasteiger partial charge in [0.05, 0.1) is 22.2 Å². The Balaban J connectivity index is 1.70. The molecule has 0 saturated carbocycles. The second kappa shape index (κ2) is 5.55. The Bertz CT molecular complexity index is 889. The Morgan fingerprint density at radius 2 is 1.59 bits per heavy atom. The first-order valence-corrected chi connectivity index (χ1v) is 8.57. The van der Waals surface area contributed by atoms with E-state index in [9.17, 15) is 0 Å². The molecule has 108 valence electrons. The number of nitrogens with zero attached hydrogens (tertiary/aromatic N) is 1. The van der Waals surface area contributed by atoms with Crippen molar-refractivity contribution in [3.8, 4) is 26.1 Å².